The van der Waals surface area contributed by atoms with Crippen LogP contribution in [0.15, 0.2) is 6.07 Å². The van der Waals surface area contributed by atoms with Crippen molar-refractivity contribution >= 4 is 23.5 Å². The number of ether oxygens (including phenoxy) is 1. The molecule has 1 aliphatic heterocycles. The van der Waals surface area contributed by atoms with Crippen LogP contribution in [0.2, 0.25) is 5.28 Å². The summed E-state index contributed by atoms with van der Waals surface area (Å²) >= 11 is 5.94. The van der Waals surface area contributed by atoms with Gasteiger partial charge in [-0.3, -0.25) is 0 Å². The molecule has 0 spiro atoms. The second kappa shape index (κ2) is 7.55. The molecule has 0 bridgehead atoms. The highest BCUT2D eigenvalue weighted by Gasteiger charge is 2.28. The third kappa shape index (κ3) is 5.51. The summed E-state index contributed by atoms with van der Waals surface area (Å²) in [6.07, 6.45) is 1.85. The van der Waals surface area contributed by atoms with Crippen molar-refractivity contribution in [3.8, 4) is 0 Å². The van der Waals surface area contributed by atoms with Crippen LogP contribution in [0, 0.1) is 12.8 Å². The molecule has 134 valence electrons. The molecule has 1 saturated heterocycles. The molecule has 24 heavy (non-hydrogen) atoms. The molecule has 2 heterocycles. The van der Waals surface area contributed by atoms with Crippen LogP contribution < -0.4 is 4.90 Å². The summed E-state index contributed by atoms with van der Waals surface area (Å²) in [6, 6.07) is 1.92. The van der Waals surface area contributed by atoms with Gasteiger partial charge in [0.1, 0.15) is 11.4 Å². The lowest BCUT2D eigenvalue weighted by atomic mass is 9.98. The Morgan fingerprint density at radius 3 is 2.79 bits per heavy atom. The van der Waals surface area contributed by atoms with Gasteiger partial charge in [-0.05, 0) is 58.1 Å². The van der Waals surface area contributed by atoms with Gasteiger partial charge in [-0.2, -0.15) is 0 Å². The predicted molar refractivity (Wildman–Crippen MR) is 95.6 cm³/mol. The molecule has 0 unspecified atom stereocenters. The molecular weight excluding hydrogens is 328 g/mol. The van der Waals surface area contributed by atoms with Crippen LogP contribution in [-0.2, 0) is 4.74 Å². The van der Waals surface area contributed by atoms with E-state index in [1.54, 1.807) is 0 Å². The van der Waals surface area contributed by atoms with E-state index in [2.05, 4.69) is 14.9 Å². The summed E-state index contributed by atoms with van der Waals surface area (Å²) in [6.45, 7) is 9.84. The number of amides is 1. The highest BCUT2D eigenvalue weighted by molar-refractivity contribution is 6.28. The van der Waals surface area contributed by atoms with Crippen molar-refractivity contribution in [2.75, 3.05) is 31.6 Å². The molecule has 1 amide bonds. The predicted octanol–water partition coefficient (Wildman–Crippen LogP) is 3.52. The van der Waals surface area contributed by atoms with Gasteiger partial charge < -0.3 is 14.5 Å². The topological polar surface area (TPSA) is 58.6 Å². The zero-order valence-corrected chi connectivity index (χ0v) is 15.9. The van der Waals surface area contributed by atoms with E-state index in [-0.39, 0.29) is 11.4 Å². The zero-order chi connectivity index (χ0) is 17.9. The molecule has 0 radical (unpaired) electrons. The molecule has 1 aromatic heterocycles. The Hall–Kier alpha value is -1.56. The van der Waals surface area contributed by atoms with Gasteiger partial charge >= 0.3 is 6.09 Å². The second-order valence-corrected chi connectivity index (χ2v) is 7.79. The molecule has 1 aliphatic rings. The van der Waals surface area contributed by atoms with Crippen LogP contribution in [0.25, 0.3) is 0 Å². The van der Waals surface area contributed by atoms with E-state index in [0.717, 1.165) is 37.4 Å². The summed E-state index contributed by atoms with van der Waals surface area (Å²) in [5.41, 5.74) is 0.381. The van der Waals surface area contributed by atoms with E-state index in [1.165, 1.54) is 0 Å². The minimum Gasteiger partial charge on any atom is -0.444 e. The maximum absolute atomic E-state index is 12.3. The SMILES string of the molecule is Cc1cc(N(C)C[C@@H]2CCCN(C(=O)OC(C)(C)C)C2)nc(Cl)n1. The van der Waals surface area contributed by atoms with Crippen molar-refractivity contribution in [1.29, 1.82) is 0 Å². The average Bonchev–Trinajstić information content (AvgIpc) is 2.44. The number of anilines is 1. The van der Waals surface area contributed by atoms with Gasteiger partial charge in [-0.1, -0.05) is 0 Å². The molecule has 1 fully saturated rings. The molecule has 1 atom stereocenters. The number of hydrogen-bond acceptors (Lipinski definition) is 5. The van der Waals surface area contributed by atoms with Gasteiger partial charge in [0.2, 0.25) is 5.28 Å². The first-order chi connectivity index (χ1) is 11.1. The van der Waals surface area contributed by atoms with Crippen molar-refractivity contribution in [2.45, 2.75) is 46.1 Å². The van der Waals surface area contributed by atoms with Crippen molar-refractivity contribution in [3.63, 3.8) is 0 Å². The molecule has 0 aliphatic carbocycles. The fourth-order valence-electron chi connectivity index (χ4n) is 2.90. The monoisotopic (exact) mass is 354 g/mol. The lowest BCUT2D eigenvalue weighted by Gasteiger charge is -2.35. The molecule has 0 N–H and O–H groups in total. The Morgan fingerprint density at radius 2 is 2.17 bits per heavy atom. The normalized spacial score (nSPS) is 18.4. The van der Waals surface area contributed by atoms with Crippen LogP contribution in [0.3, 0.4) is 0 Å². The lowest BCUT2D eigenvalue weighted by molar-refractivity contribution is 0.0170. The number of rotatable bonds is 3. The number of aromatic nitrogens is 2. The number of carbonyl (C=O) groups excluding carboxylic acids is 1. The van der Waals surface area contributed by atoms with E-state index in [9.17, 15) is 4.79 Å². The van der Waals surface area contributed by atoms with Crippen LogP contribution >= 0.6 is 11.6 Å². The van der Waals surface area contributed by atoms with Gasteiger partial charge in [0, 0.05) is 38.4 Å². The first-order valence-electron chi connectivity index (χ1n) is 8.34. The number of nitrogens with zero attached hydrogens (tertiary/aromatic N) is 4. The number of halogens is 1. The van der Waals surface area contributed by atoms with Gasteiger partial charge in [-0.25, -0.2) is 14.8 Å². The molecule has 7 heteroatoms. The van der Waals surface area contributed by atoms with E-state index in [0.29, 0.717) is 12.5 Å². The first kappa shape index (κ1) is 18.8. The number of likely N-dealkylation sites (tertiary alicyclic amines) is 1. The van der Waals surface area contributed by atoms with Gasteiger partial charge in [0.15, 0.2) is 0 Å². The van der Waals surface area contributed by atoms with Crippen LogP contribution in [-0.4, -0.2) is 53.2 Å². The van der Waals surface area contributed by atoms with Crippen LogP contribution in [0.1, 0.15) is 39.3 Å². The Morgan fingerprint density at radius 1 is 1.46 bits per heavy atom. The fraction of sp³-hybridized carbons (Fsp3) is 0.706. The van der Waals surface area contributed by atoms with Crippen molar-refractivity contribution < 1.29 is 9.53 Å². The van der Waals surface area contributed by atoms with Crippen LogP contribution in [0.5, 0.6) is 0 Å². The summed E-state index contributed by atoms with van der Waals surface area (Å²) in [4.78, 5) is 24.5. The Kier molecular flexibility index (Phi) is 5.91. The number of aryl methyl sites for hydroxylation is 1. The number of piperidine rings is 1. The third-order valence-corrected chi connectivity index (χ3v) is 4.08. The van der Waals surface area contributed by atoms with Gasteiger partial charge in [-0.15, -0.1) is 0 Å². The molecule has 0 saturated carbocycles. The summed E-state index contributed by atoms with van der Waals surface area (Å²) in [5.74, 6) is 1.19. The van der Waals surface area contributed by atoms with Gasteiger partial charge in [0.05, 0.1) is 0 Å². The number of hydrogen-bond donors (Lipinski definition) is 0. The quantitative estimate of drug-likeness (QED) is 0.777. The Bertz CT molecular complexity index is 568. The van der Waals surface area contributed by atoms with Crippen LogP contribution in [0.4, 0.5) is 10.6 Å². The maximum atomic E-state index is 12.3. The first-order valence-corrected chi connectivity index (χ1v) is 8.72. The average molecular weight is 355 g/mol. The molecule has 6 nitrogen and oxygen atoms in total. The van der Waals surface area contributed by atoms with Gasteiger partial charge in [0.25, 0.3) is 0 Å². The van der Waals surface area contributed by atoms with Crippen molar-refractivity contribution in [2.24, 2.45) is 5.92 Å². The number of carbonyl (C=O) groups is 1. The molecule has 2 rings (SSSR count). The summed E-state index contributed by atoms with van der Waals surface area (Å²) in [7, 11) is 1.99. The summed E-state index contributed by atoms with van der Waals surface area (Å²) in [5, 5.41) is 0.260. The smallest absolute Gasteiger partial charge is 0.410 e. The zero-order valence-electron chi connectivity index (χ0n) is 15.2. The van der Waals surface area contributed by atoms with Crippen molar-refractivity contribution in [1.82, 2.24) is 14.9 Å². The molecule has 0 aromatic carbocycles. The van der Waals surface area contributed by atoms with E-state index in [1.807, 2.05) is 45.7 Å². The minimum absolute atomic E-state index is 0.226. The van der Waals surface area contributed by atoms with Crippen molar-refractivity contribution in [3.05, 3.63) is 17.0 Å². The third-order valence-electron chi connectivity index (χ3n) is 3.91. The second-order valence-electron chi connectivity index (χ2n) is 7.45. The largest absolute Gasteiger partial charge is 0.444 e. The van der Waals surface area contributed by atoms with E-state index < -0.39 is 5.60 Å². The maximum Gasteiger partial charge on any atom is 0.410 e. The molecule has 1 aromatic rings. The highest BCUT2D eigenvalue weighted by Crippen LogP contribution is 2.22. The standard InChI is InChI=1S/C17H27ClN4O2/c1-12-9-14(20-15(18)19-12)21(5)10-13-7-6-8-22(11-13)16(23)24-17(2,3)4/h9,13H,6-8,10-11H2,1-5H3/t13-/m0/s1. The summed E-state index contributed by atoms with van der Waals surface area (Å²) < 4.78 is 5.48. The van der Waals surface area contributed by atoms with E-state index in [4.69, 9.17) is 16.3 Å². The Balaban J connectivity index is 1.96. The molecular formula is C17H27ClN4O2. The van der Waals surface area contributed by atoms with E-state index >= 15 is 0 Å². The minimum atomic E-state index is -0.462. The Labute approximate surface area is 149 Å². The highest BCUT2D eigenvalue weighted by atomic mass is 35.5. The lowest BCUT2D eigenvalue weighted by Crippen LogP contribution is -2.45. The fourth-order valence-corrected chi connectivity index (χ4v) is 3.12.